The lowest BCUT2D eigenvalue weighted by atomic mass is 10.1. The van der Waals surface area contributed by atoms with E-state index in [4.69, 9.17) is 4.74 Å². The van der Waals surface area contributed by atoms with Gasteiger partial charge in [-0.05, 0) is 36.4 Å². The van der Waals surface area contributed by atoms with Gasteiger partial charge < -0.3 is 14.2 Å². The molecule has 32 heavy (non-hydrogen) atoms. The van der Waals surface area contributed by atoms with Gasteiger partial charge in [0, 0.05) is 23.0 Å². The van der Waals surface area contributed by atoms with E-state index in [-0.39, 0.29) is 17.9 Å². The molecule has 0 spiro atoms. The topological polar surface area (TPSA) is 68.6 Å². The Morgan fingerprint density at radius 1 is 0.875 bits per heavy atom. The largest absolute Gasteiger partial charge is 0.454 e. The summed E-state index contributed by atoms with van der Waals surface area (Å²) < 4.78 is 7.07. The molecule has 6 heteroatoms. The van der Waals surface area contributed by atoms with Crippen molar-refractivity contribution in [2.45, 2.75) is 6.54 Å². The van der Waals surface area contributed by atoms with Gasteiger partial charge in [0.15, 0.2) is 12.0 Å². The second-order valence-corrected chi connectivity index (χ2v) is 7.24. The highest BCUT2D eigenvalue weighted by Gasteiger charge is 2.18. The number of carbonyl (C=O) groups is 2. The number of rotatable bonds is 7. The molecule has 0 aliphatic heterocycles. The first-order valence-corrected chi connectivity index (χ1v) is 10.2. The minimum absolute atomic E-state index is 0.0843. The molecule has 0 fully saturated rings. The van der Waals surface area contributed by atoms with Crippen LogP contribution in [-0.2, 0) is 20.9 Å². The maximum atomic E-state index is 12.8. The molecule has 0 atom stereocenters. The molecule has 4 aromatic rings. The smallest absolute Gasteiger partial charge is 0.326 e. The number of para-hydroxylation sites is 3. The fourth-order valence-electron chi connectivity index (χ4n) is 3.73. The number of ether oxygens (including phenoxy) is 1. The van der Waals surface area contributed by atoms with Crippen LogP contribution in [0.5, 0.6) is 0 Å². The average molecular weight is 426 g/mol. The Balaban J connectivity index is 1.57. The standard InChI is InChI=1S/C26H22N2O4/c1-2-16-27(19-10-4-3-5-11-19)24(29)18-32-25(30)17-28-22-14-8-6-12-20(22)26(31)21-13-7-9-15-23(21)28/h2-15H,1,16-18H2. The van der Waals surface area contributed by atoms with Crippen molar-refractivity contribution in [1.82, 2.24) is 4.57 Å². The minimum Gasteiger partial charge on any atom is -0.454 e. The van der Waals surface area contributed by atoms with Gasteiger partial charge in [-0.15, -0.1) is 6.58 Å². The summed E-state index contributed by atoms with van der Waals surface area (Å²) in [6, 6.07) is 23.4. The van der Waals surface area contributed by atoms with Crippen molar-refractivity contribution in [3.8, 4) is 0 Å². The fraction of sp³-hybridized carbons (Fsp3) is 0.115. The zero-order valence-corrected chi connectivity index (χ0v) is 17.4. The molecule has 1 amide bonds. The highest BCUT2D eigenvalue weighted by molar-refractivity contribution is 5.96. The third-order valence-corrected chi connectivity index (χ3v) is 5.20. The summed E-state index contributed by atoms with van der Waals surface area (Å²) in [6.07, 6.45) is 1.62. The number of pyridine rings is 1. The number of benzene rings is 3. The molecule has 0 N–H and O–H groups in total. The van der Waals surface area contributed by atoms with Crippen molar-refractivity contribution in [3.63, 3.8) is 0 Å². The lowest BCUT2D eigenvalue weighted by Crippen LogP contribution is -2.35. The van der Waals surface area contributed by atoms with E-state index < -0.39 is 12.6 Å². The van der Waals surface area contributed by atoms with Crippen molar-refractivity contribution in [3.05, 3.63) is 102 Å². The number of amides is 1. The number of aromatic nitrogens is 1. The number of carbonyl (C=O) groups excluding carboxylic acids is 2. The van der Waals surface area contributed by atoms with Crippen molar-refractivity contribution in [2.24, 2.45) is 0 Å². The van der Waals surface area contributed by atoms with Gasteiger partial charge in [-0.2, -0.15) is 0 Å². The van der Waals surface area contributed by atoms with Gasteiger partial charge in [-0.1, -0.05) is 48.5 Å². The summed E-state index contributed by atoms with van der Waals surface area (Å²) in [5.74, 6) is -0.914. The van der Waals surface area contributed by atoms with Crippen molar-refractivity contribution < 1.29 is 14.3 Å². The monoisotopic (exact) mass is 426 g/mol. The van der Waals surface area contributed by atoms with Crippen molar-refractivity contribution in [2.75, 3.05) is 18.1 Å². The van der Waals surface area contributed by atoms with Gasteiger partial charge >= 0.3 is 5.97 Å². The Labute approximate surface area is 185 Å². The van der Waals surface area contributed by atoms with Crippen LogP contribution in [0.4, 0.5) is 5.69 Å². The van der Waals surface area contributed by atoms with E-state index >= 15 is 0 Å². The molecule has 6 nitrogen and oxygen atoms in total. The first-order valence-electron chi connectivity index (χ1n) is 10.2. The van der Waals surface area contributed by atoms with E-state index in [0.29, 0.717) is 34.0 Å². The van der Waals surface area contributed by atoms with Crippen LogP contribution >= 0.6 is 0 Å². The number of anilines is 1. The maximum absolute atomic E-state index is 12.8. The average Bonchev–Trinajstić information content (AvgIpc) is 2.84. The van der Waals surface area contributed by atoms with Crippen LogP contribution in [0.2, 0.25) is 0 Å². The molecular weight excluding hydrogens is 404 g/mol. The summed E-state index contributed by atoms with van der Waals surface area (Å²) in [7, 11) is 0. The number of hydrogen-bond acceptors (Lipinski definition) is 4. The van der Waals surface area contributed by atoms with Gasteiger partial charge in [0.1, 0.15) is 6.54 Å². The first kappa shape index (κ1) is 21.1. The highest BCUT2D eigenvalue weighted by Crippen LogP contribution is 2.19. The number of fused-ring (bicyclic) bond motifs is 2. The Bertz CT molecular complexity index is 1300. The molecule has 1 heterocycles. The lowest BCUT2D eigenvalue weighted by Gasteiger charge is -2.21. The van der Waals surface area contributed by atoms with Crippen LogP contribution in [0.15, 0.2) is 96.3 Å². The molecule has 4 rings (SSSR count). The molecule has 160 valence electrons. The second kappa shape index (κ2) is 9.31. The van der Waals surface area contributed by atoms with Crippen LogP contribution < -0.4 is 10.3 Å². The van der Waals surface area contributed by atoms with Gasteiger partial charge in [-0.25, -0.2) is 0 Å². The molecule has 0 unspecified atom stereocenters. The van der Waals surface area contributed by atoms with Crippen LogP contribution in [0.3, 0.4) is 0 Å². The Morgan fingerprint density at radius 2 is 1.44 bits per heavy atom. The van der Waals surface area contributed by atoms with E-state index in [1.807, 2.05) is 42.5 Å². The lowest BCUT2D eigenvalue weighted by molar-refractivity contribution is -0.148. The predicted molar refractivity (Wildman–Crippen MR) is 126 cm³/mol. The summed E-state index contributed by atoms with van der Waals surface area (Å²) in [5, 5.41) is 1.05. The van der Waals surface area contributed by atoms with Crippen LogP contribution in [0.1, 0.15) is 0 Å². The third-order valence-electron chi connectivity index (χ3n) is 5.20. The fourth-order valence-corrected chi connectivity index (χ4v) is 3.73. The molecule has 0 radical (unpaired) electrons. The predicted octanol–water partition coefficient (Wildman–Crippen LogP) is 3.92. The number of esters is 1. The summed E-state index contributed by atoms with van der Waals surface area (Å²) in [6.45, 7) is 3.48. The number of nitrogens with zero attached hydrogens (tertiary/aromatic N) is 2. The van der Waals surface area contributed by atoms with E-state index in [2.05, 4.69) is 6.58 Å². The van der Waals surface area contributed by atoms with Gasteiger partial charge in [0.05, 0.1) is 11.0 Å². The second-order valence-electron chi connectivity index (χ2n) is 7.24. The molecule has 3 aromatic carbocycles. The van der Waals surface area contributed by atoms with E-state index in [1.54, 1.807) is 47.0 Å². The summed E-state index contributed by atoms with van der Waals surface area (Å²) in [5.41, 5.74) is 1.89. The molecule has 0 saturated carbocycles. The number of hydrogen-bond donors (Lipinski definition) is 0. The zero-order chi connectivity index (χ0) is 22.5. The molecule has 0 saturated heterocycles. The molecular formula is C26H22N2O4. The summed E-state index contributed by atoms with van der Waals surface area (Å²) >= 11 is 0. The van der Waals surface area contributed by atoms with Gasteiger partial charge in [-0.3, -0.25) is 14.4 Å². The Morgan fingerprint density at radius 3 is 2.03 bits per heavy atom. The third kappa shape index (κ3) is 4.16. The minimum atomic E-state index is -0.566. The Hall–Kier alpha value is -4.19. The quantitative estimate of drug-likeness (QED) is 0.255. The molecule has 0 bridgehead atoms. The van der Waals surface area contributed by atoms with Crippen LogP contribution in [0.25, 0.3) is 21.8 Å². The summed E-state index contributed by atoms with van der Waals surface area (Å²) in [4.78, 5) is 39.7. The van der Waals surface area contributed by atoms with E-state index in [1.165, 1.54) is 4.90 Å². The Kier molecular flexibility index (Phi) is 6.12. The van der Waals surface area contributed by atoms with Crippen LogP contribution in [-0.4, -0.2) is 29.6 Å². The van der Waals surface area contributed by atoms with Gasteiger partial charge in [0.2, 0.25) is 0 Å². The van der Waals surface area contributed by atoms with E-state index in [9.17, 15) is 14.4 Å². The first-order chi connectivity index (χ1) is 15.6. The van der Waals surface area contributed by atoms with Crippen molar-refractivity contribution >= 4 is 39.4 Å². The van der Waals surface area contributed by atoms with Crippen molar-refractivity contribution in [1.29, 1.82) is 0 Å². The zero-order valence-electron chi connectivity index (χ0n) is 17.4. The SMILES string of the molecule is C=CCN(C(=O)COC(=O)Cn1c2ccccc2c(=O)c2ccccc21)c1ccccc1. The highest BCUT2D eigenvalue weighted by atomic mass is 16.5. The normalized spacial score (nSPS) is 10.8. The van der Waals surface area contributed by atoms with E-state index in [0.717, 1.165) is 0 Å². The molecule has 0 aliphatic rings. The maximum Gasteiger partial charge on any atom is 0.326 e. The molecule has 1 aromatic heterocycles. The van der Waals surface area contributed by atoms with Gasteiger partial charge in [0.25, 0.3) is 5.91 Å². The van der Waals surface area contributed by atoms with Crippen LogP contribution in [0, 0.1) is 0 Å². The molecule has 0 aliphatic carbocycles.